The Morgan fingerprint density at radius 2 is 1.96 bits per heavy atom. The summed E-state index contributed by atoms with van der Waals surface area (Å²) >= 11 is 0. The van der Waals surface area contributed by atoms with Gasteiger partial charge in [0, 0.05) is 42.1 Å². The molecule has 23 heavy (non-hydrogen) atoms. The van der Waals surface area contributed by atoms with Gasteiger partial charge in [-0.1, -0.05) is 18.2 Å². The number of benzene rings is 1. The molecule has 0 bridgehead atoms. The Kier molecular flexibility index (Phi) is 2.87. The molecular weight excluding hydrogens is 286 g/mol. The predicted octanol–water partition coefficient (Wildman–Crippen LogP) is 2.54. The molecule has 4 heteroatoms. The van der Waals surface area contributed by atoms with E-state index in [1.807, 2.05) is 0 Å². The minimum atomic E-state index is 0.0347. The number of likely N-dealkylation sites (tertiary alicyclic amines) is 1. The van der Waals surface area contributed by atoms with Gasteiger partial charge in [0.15, 0.2) is 0 Å². The molecule has 4 nitrogen and oxygen atoms in total. The monoisotopic (exact) mass is 309 g/mol. The Bertz CT molecular complexity index is 766. The van der Waals surface area contributed by atoms with Gasteiger partial charge in [0.05, 0.1) is 5.54 Å². The summed E-state index contributed by atoms with van der Waals surface area (Å²) in [5.74, 6) is 0.736. The molecule has 2 N–H and O–H groups in total. The lowest BCUT2D eigenvalue weighted by Crippen LogP contribution is -2.55. The Hall–Kier alpha value is -1.81. The van der Waals surface area contributed by atoms with Crippen molar-refractivity contribution < 1.29 is 4.79 Å². The fourth-order valence-electron chi connectivity index (χ4n) is 4.51. The van der Waals surface area contributed by atoms with Gasteiger partial charge in [-0.25, -0.2) is 0 Å². The summed E-state index contributed by atoms with van der Waals surface area (Å²) < 4.78 is 0. The largest absolute Gasteiger partial charge is 0.357 e. The molecule has 120 valence electrons. The molecule has 0 radical (unpaired) electrons. The first-order valence-corrected chi connectivity index (χ1v) is 8.91. The van der Waals surface area contributed by atoms with E-state index in [0.717, 1.165) is 51.7 Å². The average Bonchev–Trinajstić information content (AvgIpc) is 3.37. The number of hydrogen-bond donors (Lipinski definition) is 2. The quantitative estimate of drug-likeness (QED) is 0.850. The van der Waals surface area contributed by atoms with E-state index in [0.29, 0.717) is 11.8 Å². The fraction of sp³-hybridized carbons (Fsp3) is 0.526. The molecule has 1 aromatic carbocycles. The van der Waals surface area contributed by atoms with E-state index >= 15 is 0 Å². The number of hydrogen-bond acceptors (Lipinski definition) is 2. The summed E-state index contributed by atoms with van der Waals surface area (Å²) in [6.45, 7) is 2.81. The third-order valence-electron chi connectivity index (χ3n) is 5.99. The number of fused-ring (bicyclic) bond motifs is 4. The van der Waals surface area contributed by atoms with Crippen molar-refractivity contribution in [1.29, 1.82) is 0 Å². The number of carbonyl (C=O) groups is 1. The lowest BCUT2D eigenvalue weighted by Gasteiger charge is -2.45. The standard InChI is InChI=1S/C19H23N3O/c23-18(13-5-6-13)22-11-8-19(9-12-22)17-15(7-10-20-19)14-3-1-2-4-16(14)21-17/h1-4,13,20-21H,5-12H2. The number of aromatic amines is 1. The number of para-hydroxylation sites is 1. The Labute approximate surface area is 136 Å². The van der Waals surface area contributed by atoms with Crippen molar-refractivity contribution in [3.63, 3.8) is 0 Å². The van der Waals surface area contributed by atoms with Gasteiger partial charge >= 0.3 is 0 Å². The Morgan fingerprint density at radius 1 is 1.17 bits per heavy atom. The van der Waals surface area contributed by atoms with E-state index < -0.39 is 0 Å². The molecule has 0 unspecified atom stereocenters. The normalized spacial score (nSPS) is 23.2. The highest BCUT2D eigenvalue weighted by Gasteiger charge is 2.43. The first kappa shape index (κ1) is 13.6. The second kappa shape index (κ2) is 4.84. The van der Waals surface area contributed by atoms with E-state index in [9.17, 15) is 4.79 Å². The number of piperidine rings is 1. The molecule has 3 heterocycles. The zero-order chi connectivity index (χ0) is 15.4. The topological polar surface area (TPSA) is 48.1 Å². The third kappa shape index (κ3) is 2.04. The molecule has 1 saturated carbocycles. The van der Waals surface area contributed by atoms with Gasteiger partial charge in [0.2, 0.25) is 5.91 Å². The number of nitrogens with zero attached hydrogens (tertiary/aromatic N) is 1. The van der Waals surface area contributed by atoms with E-state index in [2.05, 4.69) is 39.5 Å². The Balaban J connectivity index is 1.47. The van der Waals surface area contributed by atoms with E-state index in [1.165, 1.54) is 22.2 Å². The molecule has 5 rings (SSSR count). The maximum absolute atomic E-state index is 12.3. The molecule has 1 spiro atoms. The van der Waals surface area contributed by atoms with E-state index in [-0.39, 0.29) is 5.54 Å². The summed E-state index contributed by atoms with van der Waals surface area (Å²) in [5, 5.41) is 5.16. The van der Waals surface area contributed by atoms with Gasteiger partial charge in [0.25, 0.3) is 0 Å². The number of H-pyrrole nitrogens is 1. The van der Waals surface area contributed by atoms with Gasteiger partial charge < -0.3 is 15.2 Å². The van der Waals surface area contributed by atoms with E-state index in [1.54, 1.807) is 0 Å². The minimum Gasteiger partial charge on any atom is -0.357 e. The molecule has 3 aliphatic rings. The van der Waals surface area contributed by atoms with Crippen LogP contribution in [0.3, 0.4) is 0 Å². The second-order valence-electron chi connectivity index (χ2n) is 7.38. The van der Waals surface area contributed by atoms with Crippen LogP contribution in [0.2, 0.25) is 0 Å². The molecule has 2 aromatic rings. The fourth-order valence-corrected chi connectivity index (χ4v) is 4.51. The molecule has 1 aromatic heterocycles. The second-order valence-corrected chi connectivity index (χ2v) is 7.38. The third-order valence-corrected chi connectivity index (χ3v) is 5.99. The number of rotatable bonds is 1. The number of nitrogens with one attached hydrogen (secondary N) is 2. The molecule has 1 saturated heterocycles. The van der Waals surface area contributed by atoms with Gasteiger partial charge in [-0.3, -0.25) is 4.79 Å². The van der Waals surface area contributed by atoms with Gasteiger partial charge in [-0.15, -0.1) is 0 Å². The van der Waals surface area contributed by atoms with Gasteiger partial charge in [0.1, 0.15) is 0 Å². The van der Waals surface area contributed by atoms with Crippen LogP contribution in [-0.2, 0) is 16.8 Å². The van der Waals surface area contributed by atoms with Crippen LogP contribution in [0.25, 0.3) is 10.9 Å². The molecule has 2 aliphatic heterocycles. The van der Waals surface area contributed by atoms with Crippen LogP contribution in [0, 0.1) is 5.92 Å². The zero-order valence-corrected chi connectivity index (χ0v) is 13.4. The number of aromatic nitrogens is 1. The minimum absolute atomic E-state index is 0.0347. The van der Waals surface area contributed by atoms with Crippen molar-refractivity contribution in [3.8, 4) is 0 Å². The summed E-state index contributed by atoms with van der Waals surface area (Å²) in [7, 11) is 0. The van der Waals surface area contributed by atoms with Crippen LogP contribution in [0.1, 0.15) is 36.9 Å². The van der Waals surface area contributed by atoms with Crippen LogP contribution in [0.4, 0.5) is 0 Å². The number of carbonyl (C=O) groups excluding carboxylic acids is 1. The van der Waals surface area contributed by atoms with Crippen LogP contribution in [-0.4, -0.2) is 35.4 Å². The molecule has 2 fully saturated rings. The maximum Gasteiger partial charge on any atom is 0.225 e. The lowest BCUT2D eigenvalue weighted by atomic mass is 9.79. The van der Waals surface area contributed by atoms with Crippen LogP contribution in [0.15, 0.2) is 24.3 Å². The van der Waals surface area contributed by atoms with Gasteiger partial charge in [-0.05, 0) is 43.7 Å². The molecule has 0 atom stereocenters. The van der Waals surface area contributed by atoms with Crippen molar-refractivity contribution >= 4 is 16.8 Å². The molecule has 1 amide bonds. The first-order valence-electron chi connectivity index (χ1n) is 8.91. The lowest BCUT2D eigenvalue weighted by molar-refractivity contribution is -0.134. The highest BCUT2D eigenvalue weighted by Crippen LogP contribution is 2.41. The highest BCUT2D eigenvalue weighted by atomic mass is 16.2. The smallest absolute Gasteiger partial charge is 0.225 e. The van der Waals surface area contributed by atoms with E-state index in [4.69, 9.17) is 0 Å². The zero-order valence-electron chi connectivity index (χ0n) is 13.4. The average molecular weight is 309 g/mol. The summed E-state index contributed by atoms with van der Waals surface area (Å²) in [6, 6.07) is 8.63. The predicted molar refractivity (Wildman–Crippen MR) is 90.2 cm³/mol. The molecule has 1 aliphatic carbocycles. The number of amides is 1. The highest BCUT2D eigenvalue weighted by molar-refractivity contribution is 5.85. The van der Waals surface area contributed by atoms with Gasteiger partial charge in [-0.2, -0.15) is 0 Å². The van der Waals surface area contributed by atoms with Crippen molar-refractivity contribution in [1.82, 2.24) is 15.2 Å². The summed E-state index contributed by atoms with van der Waals surface area (Å²) in [6.07, 6.45) is 5.33. The molecular formula is C19H23N3O. The Morgan fingerprint density at radius 3 is 2.74 bits per heavy atom. The summed E-state index contributed by atoms with van der Waals surface area (Å²) in [5.41, 5.74) is 4.15. The van der Waals surface area contributed by atoms with Crippen molar-refractivity contribution in [2.75, 3.05) is 19.6 Å². The van der Waals surface area contributed by atoms with Crippen molar-refractivity contribution in [2.24, 2.45) is 5.92 Å². The van der Waals surface area contributed by atoms with Crippen molar-refractivity contribution in [3.05, 3.63) is 35.5 Å². The summed E-state index contributed by atoms with van der Waals surface area (Å²) in [4.78, 5) is 18.1. The van der Waals surface area contributed by atoms with Crippen molar-refractivity contribution in [2.45, 2.75) is 37.6 Å². The van der Waals surface area contributed by atoms with Crippen LogP contribution in [0.5, 0.6) is 0 Å². The maximum atomic E-state index is 12.3. The SMILES string of the molecule is O=C(C1CC1)N1CCC2(CC1)NCCc1c2[nH]c2ccccc12. The van der Waals surface area contributed by atoms with Crippen LogP contribution < -0.4 is 5.32 Å². The first-order chi connectivity index (χ1) is 11.3. The van der Waals surface area contributed by atoms with Crippen LogP contribution >= 0.6 is 0 Å².